The first-order chi connectivity index (χ1) is 8.50. The molecule has 4 aliphatic rings. The molecular formula is C14H18O4. The second-order valence-electron chi connectivity index (χ2n) is 5.98. The molecule has 0 radical (unpaired) electrons. The summed E-state index contributed by atoms with van der Waals surface area (Å²) in [6.07, 6.45) is 4.94. The molecule has 2 fully saturated rings. The number of hydrogen-bond donors (Lipinski definition) is 1. The molecule has 1 N–H and O–H groups in total. The number of carbonyl (C=O) groups excluding carboxylic acids is 1. The van der Waals surface area contributed by atoms with Gasteiger partial charge in [0.25, 0.3) is 0 Å². The summed E-state index contributed by atoms with van der Waals surface area (Å²) in [6, 6.07) is 0. The first kappa shape index (κ1) is 11.8. The molecule has 6 atom stereocenters. The topological polar surface area (TPSA) is 63.6 Å². The van der Waals surface area contributed by atoms with Gasteiger partial charge in [-0.2, -0.15) is 0 Å². The monoisotopic (exact) mass is 250 g/mol. The average molecular weight is 250 g/mol. The quantitative estimate of drug-likeness (QED) is 0.611. The van der Waals surface area contributed by atoms with Crippen LogP contribution < -0.4 is 0 Å². The fourth-order valence-corrected chi connectivity index (χ4v) is 3.85. The number of ether oxygens (including phenoxy) is 1. The zero-order valence-corrected chi connectivity index (χ0v) is 10.6. The lowest BCUT2D eigenvalue weighted by molar-refractivity contribution is -0.167. The molecule has 98 valence electrons. The second-order valence-corrected chi connectivity index (χ2v) is 5.98. The molecule has 0 heterocycles. The highest BCUT2D eigenvalue weighted by molar-refractivity contribution is 5.83. The highest BCUT2D eigenvalue weighted by Crippen LogP contribution is 2.63. The van der Waals surface area contributed by atoms with Crippen molar-refractivity contribution in [2.24, 2.45) is 35.5 Å². The van der Waals surface area contributed by atoms with E-state index in [9.17, 15) is 14.7 Å². The van der Waals surface area contributed by atoms with E-state index in [2.05, 4.69) is 0 Å². The molecule has 0 aromatic carbocycles. The maximum atomic E-state index is 12.2. The number of rotatable bonds is 3. The Morgan fingerprint density at radius 1 is 1.17 bits per heavy atom. The van der Waals surface area contributed by atoms with Gasteiger partial charge in [-0.15, -0.1) is 0 Å². The minimum atomic E-state index is -0.856. The molecule has 0 amide bonds. The summed E-state index contributed by atoms with van der Waals surface area (Å²) in [7, 11) is 0. The van der Waals surface area contributed by atoms with Crippen molar-refractivity contribution in [3.63, 3.8) is 0 Å². The molecule has 0 spiro atoms. The molecule has 0 aliphatic heterocycles. The van der Waals surface area contributed by atoms with Crippen molar-refractivity contribution in [2.45, 2.75) is 26.4 Å². The van der Waals surface area contributed by atoms with E-state index in [4.69, 9.17) is 4.74 Å². The molecule has 4 rings (SSSR count). The van der Waals surface area contributed by atoms with Crippen molar-refractivity contribution in [1.29, 1.82) is 0 Å². The number of aliphatic carboxylic acids is 1. The number of carboxylic acid groups (broad SMARTS) is 1. The van der Waals surface area contributed by atoms with Gasteiger partial charge in [0.15, 0.2) is 0 Å². The van der Waals surface area contributed by atoms with Gasteiger partial charge >= 0.3 is 11.9 Å². The maximum absolute atomic E-state index is 12.2. The summed E-state index contributed by atoms with van der Waals surface area (Å²) in [5, 5.41) is 9.41. The molecule has 18 heavy (non-hydrogen) atoms. The lowest BCUT2D eigenvalue weighted by Crippen LogP contribution is -2.47. The summed E-state index contributed by atoms with van der Waals surface area (Å²) < 4.78 is 5.25. The number of esters is 1. The van der Waals surface area contributed by atoms with Crippen molar-refractivity contribution in [1.82, 2.24) is 0 Å². The van der Waals surface area contributed by atoms with E-state index in [0.717, 1.165) is 6.42 Å². The number of carboxylic acids is 1. The largest absolute Gasteiger partial charge is 0.481 e. The van der Waals surface area contributed by atoms with E-state index in [1.165, 1.54) is 0 Å². The summed E-state index contributed by atoms with van der Waals surface area (Å²) in [6.45, 7) is 3.59. The van der Waals surface area contributed by atoms with Crippen LogP contribution in [-0.2, 0) is 14.3 Å². The Morgan fingerprint density at radius 3 is 2.22 bits per heavy atom. The third kappa shape index (κ3) is 1.58. The van der Waals surface area contributed by atoms with Crippen LogP contribution in [0, 0.1) is 35.5 Å². The molecule has 4 aliphatic carbocycles. The zero-order chi connectivity index (χ0) is 13.0. The molecule has 0 aromatic heterocycles. The molecule has 2 saturated carbocycles. The molecule has 4 heteroatoms. The van der Waals surface area contributed by atoms with Gasteiger partial charge in [0, 0.05) is 0 Å². The minimum absolute atomic E-state index is 0.0298. The van der Waals surface area contributed by atoms with Gasteiger partial charge < -0.3 is 9.84 Å². The van der Waals surface area contributed by atoms with E-state index >= 15 is 0 Å². The van der Waals surface area contributed by atoms with Gasteiger partial charge in [-0.25, -0.2) is 0 Å². The van der Waals surface area contributed by atoms with Crippen LogP contribution in [0.3, 0.4) is 0 Å². The SMILES string of the molecule is CC(C)OC(=O)C1C2C=CC(C3CC23)C1C(=O)O. The van der Waals surface area contributed by atoms with E-state index < -0.39 is 17.8 Å². The van der Waals surface area contributed by atoms with Crippen LogP contribution in [0.2, 0.25) is 0 Å². The highest BCUT2D eigenvalue weighted by atomic mass is 16.5. The van der Waals surface area contributed by atoms with Crippen LogP contribution in [-0.4, -0.2) is 23.1 Å². The van der Waals surface area contributed by atoms with E-state index in [1.54, 1.807) is 13.8 Å². The smallest absolute Gasteiger partial charge is 0.310 e. The highest BCUT2D eigenvalue weighted by Gasteiger charge is 2.63. The summed E-state index contributed by atoms with van der Waals surface area (Å²) >= 11 is 0. The molecular weight excluding hydrogens is 232 g/mol. The van der Waals surface area contributed by atoms with Crippen LogP contribution in [0.15, 0.2) is 12.2 Å². The zero-order valence-electron chi connectivity index (χ0n) is 10.6. The lowest BCUT2D eigenvalue weighted by Gasteiger charge is -2.41. The van der Waals surface area contributed by atoms with Gasteiger partial charge in [0.05, 0.1) is 17.9 Å². The molecule has 4 nitrogen and oxygen atoms in total. The van der Waals surface area contributed by atoms with Crippen molar-refractivity contribution in [2.75, 3.05) is 0 Å². The van der Waals surface area contributed by atoms with Crippen molar-refractivity contribution < 1.29 is 19.4 Å². The maximum Gasteiger partial charge on any atom is 0.310 e. The predicted molar refractivity (Wildman–Crippen MR) is 63.6 cm³/mol. The third-order valence-corrected chi connectivity index (χ3v) is 4.56. The lowest BCUT2D eigenvalue weighted by atomic mass is 9.62. The molecule has 6 unspecified atom stereocenters. The van der Waals surface area contributed by atoms with Crippen molar-refractivity contribution in [3.8, 4) is 0 Å². The summed E-state index contributed by atoms with van der Waals surface area (Å²) in [4.78, 5) is 23.6. The predicted octanol–water partition coefficient (Wildman–Crippen LogP) is 1.71. The van der Waals surface area contributed by atoms with Crippen molar-refractivity contribution in [3.05, 3.63) is 12.2 Å². The van der Waals surface area contributed by atoms with Crippen molar-refractivity contribution >= 4 is 11.9 Å². The minimum Gasteiger partial charge on any atom is -0.481 e. The number of hydrogen-bond acceptors (Lipinski definition) is 3. The number of allylic oxidation sites excluding steroid dienone is 2. The Balaban J connectivity index is 1.89. The van der Waals surface area contributed by atoms with Gasteiger partial charge in [-0.05, 0) is 43.9 Å². The first-order valence-electron chi connectivity index (χ1n) is 6.62. The van der Waals surface area contributed by atoms with Crippen LogP contribution in [0.5, 0.6) is 0 Å². The third-order valence-electron chi connectivity index (χ3n) is 4.56. The fourth-order valence-electron chi connectivity index (χ4n) is 3.85. The standard InChI is InChI=1S/C14H18O4/c1-6(2)18-14(17)12-8-4-3-7(9-5-10(8)9)11(12)13(15)16/h3-4,6-12H,5H2,1-2H3,(H,15,16). The van der Waals surface area contributed by atoms with E-state index in [0.29, 0.717) is 11.8 Å². The van der Waals surface area contributed by atoms with Gasteiger partial charge in [0.2, 0.25) is 0 Å². The second kappa shape index (κ2) is 3.84. The van der Waals surface area contributed by atoms with Crippen LogP contribution in [0.25, 0.3) is 0 Å². The first-order valence-corrected chi connectivity index (χ1v) is 6.62. The van der Waals surface area contributed by atoms with Gasteiger partial charge in [-0.3, -0.25) is 9.59 Å². The summed E-state index contributed by atoms with van der Waals surface area (Å²) in [5.74, 6) is -1.15. The van der Waals surface area contributed by atoms with Gasteiger partial charge in [-0.1, -0.05) is 12.2 Å². The Labute approximate surface area is 106 Å². The van der Waals surface area contributed by atoms with Crippen LogP contribution in [0.1, 0.15) is 20.3 Å². The summed E-state index contributed by atoms with van der Waals surface area (Å²) in [5.41, 5.74) is 0. The Hall–Kier alpha value is -1.32. The molecule has 0 aromatic rings. The number of carbonyl (C=O) groups is 2. The number of fused-ring (bicyclic) bond motifs is 1. The van der Waals surface area contributed by atoms with E-state index in [-0.39, 0.29) is 23.9 Å². The molecule has 0 saturated heterocycles. The Morgan fingerprint density at radius 2 is 1.72 bits per heavy atom. The Kier molecular flexibility index (Phi) is 2.50. The normalized spacial score (nSPS) is 43.7. The van der Waals surface area contributed by atoms with E-state index in [1.807, 2.05) is 12.2 Å². The molecule has 2 bridgehead atoms. The average Bonchev–Trinajstić information content (AvgIpc) is 3.07. The Bertz CT molecular complexity index is 426. The van der Waals surface area contributed by atoms with Gasteiger partial charge in [0.1, 0.15) is 0 Å². The van der Waals surface area contributed by atoms with Crippen LogP contribution >= 0.6 is 0 Å². The van der Waals surface area contributed by atoms with Crippen LogP contribution in [0.4, 0.5) is 0 Å². The fraction of sp³-hybridized carbons (Fsp3) is 0.714.